The summed E-state index contributed by atoms with van der Waals surface area (Å²) < 4.78 is 42.1. The van der Waals surface area contributed by atoms with Gasteiger partial charge < -0.3 is 15.9 Å². The van der Waals surface area contributed by atoms with Gasteiger partial charge in [-0.25, -0.2) is 19.1 Å². The molecule has 0 saturated carbocycles. The van der Waals surface area contributed by atoms with E-state index < -0.39 is 37.2 Å². The van der Waals surface area contributed by atoms with Crippen molar-refractivity contribution in [2.24, 2.45) is 5.73 Å². The van der Waals surface area contributed by atoms with Crippen molar-refractivity contribution in [1.29, 1.82) is 0 Å². The van der Waals surface area contributed by atoms with Gasteiger partial charge in [0.15, 0.2) is 23.6 Å². The lowest BCUT2D eigenvalue weighted by molar-refractivity contribution is -0.207. The van der Waals surface area contributed by atoms with Gasteiger partial charge in [-0.1, -0.05) is 35.3 Å². The van der Waals surface area contributed by atoms with E-state index in [1.807, 2.05) is 0 Å². The molecule has 38 heavy (non-hydrogen) atoms. The molecule has 2 aromatic heterocycles. The first-order valence-corrected chi connectivity index (χ1v) is 11.5. The minimum atomic E-state index is -4.95. The molecule has 0 aliphatic carbocycles. The second-order valence-electron chi connectivity index (χ2n) is 7.98. The molecule has 10 nitrogen and oxygen atoms in total. The van der Waals surface area contributed by atoms with Crippen molar-refractivity contribution in [1.82, 2.24) is 29.1 Å². The highest BCUT2D eigenvalue weighted by atomic mass is 35.5. The highest BCUT2D eigenvalue weighted by Gasteiger charge is 2.39. The molecule has 1 unspecified atom stereocenters. The summed E-state index contributed by atoms with van der Waals surface area (Å²) in [7, 11) is 0. The maximum Gasteiger partial charge on any atom is 0.416 e. The number of nitrogens with two attached hydrogens (primary N) is 1. The number of halogens is 6. The van der Waals surface area contributed by atoms with Gasteiger partial charge in [0.1, 0.15) is 6.54 Å². The minimum Gasteiger partial charge on any atom is -0.394 e. The van der Waals surface area contributed by atoms with Crippen molar-refractivity contribution in [2.75, 3.05) is 6.61 Å². The van der Waals surface area contributed by atoms with Crippen LogP contribution in [-0.4, -0.2) is 58.2 Å². The normalized spacial score (nSPS) is 13.3. The van der Waals surface area contributed by atoms with Crippen LogP contribution in [0.3, 0.4) is 0 Å². The SMILES string of the molecule is Cl.NC(CO)c1nc(Cn2nc(-c3ccc(Cl)cc3)n(C[C@H](O)C(F)(F)F)c2=O)nn1-c1ccccc1Cl. The number of aliphatic hydroxyl groups excluding tert-OH is 2. The van der Waals surface area contributed by atoms with E-state index in [4.69, 9.17) is 28.9 Å². The fourth-order valence-electron chi connectivity index (χ4n) is 3.49. The third-order valence-corrected chi connectivity index (χ3v) is 5.91. The van der Waals surface area contributed by atoms with E-state index in [1.54, 1.807) is 24.3 Å². The summed E-state index contributed by atoms with van der Waals surface area (Å²) in [4.78, 5) is 17.4. The molecule has 204 valence electrons. The van der Waals surface area contributed by atoms with Crippen molar-refractivity contribution in [3.8, 4) is 17.1 Å². The summed E-state index contributed by atoms with van der Waals surface area (Å²) in [5.41, 5.74) is 5.76. The fourth-order valence-corrected chi connectivity index (χ4v) is 3.83. The van der Waals surface area contributed by atoms with Gasteiger partial charge in [0.2, 0.25) is 0 Å². The summed E-state index contributed by atoms with van der Waals surface area (Å²) in [6.45, 7) is -1.90. The van der Waals surface area contributed by atoms with Crippen LogP contribution in [-0.2, 0) is 13.1 Å². The zero-order valence-corrected chi connectivity index (χ0v) is 21.6. The van der Waals surface area contributed by atoms with E-state index in [1.165, 1.54) is 28.9 Å². The molecule has 0 saturated heterocycles. The molecule has 16 heteroatoms. The van der Waals surface area contributed by atoms with E-state index in [-0.39, 0.29) is 36.4 Å². The van der Waals surface area contributed by atoms with Gasteiger partial charge in [0.05, 0.1) is 29.9 Å². The minimum absolute atomic E-state index is 0. The van der Waals surface area contributed by atoms with Crippen molar-refractivity contribution in [3.63, 3.8) is 0 Å². The molecule has 2 aromatic carbocycles. The topological polar surface area (TPSA) is 137 Å². The molecule has 4 N–H and O–H groups in total. The van der Waals surface area contributed by atoms with Gasteiger partial charge >= 0.3 is 11.9 Å². The number of rotatable bonds is 8. The Kier molecular flexibility index (Phi) is 9.23. The van der Waals surface area contributed by atoms with E-state index in [0.717, 1.165) is 4.68 Å². The Balaban J connectivity index is 0.00000400. The van der Waals surface area contributed by atoms with Gasteiger partial charge in [0, 0.05) is 10.6 Å². The van der Waals surface area contributed by atoms with Crippen molar-refractivity contribution in [3.05, 3.63) is 80.7 Å². The molecule has 2 atom stereocenters. The number of hydrogen-bond acceptors (Lipinski definition) is 7. The van der Waals surface area contributed by atoms with Crippen LogP contribution in [0, 0.1) is 0 Å². The Morgan fingerprint density at radius 1 is 1.05 bits per heavy atom. The summed E-state index contributed by atoms with van der Waals surface area (Å²) >= 11 is 12.2. The van der Waals surface area contributed by atoms with Crippen LogP contribution in [0.1, 0.15) is 17.7 Å². The largest absolute Gasteiger partial charge is 0.416 e. The van der Waals surface area contributed by atoms with Crippen LogP contribution in [0.2, 0.25) is 10.0 Å². The average molecular weight is 595 g/mol. The average Bonchev–Trinajstić information content (AvgIpc) is 3.40. The lowest BCUT2D eigenvalue weighted by Gasteiger charge is -2.15. The number of benzene rings is 2. The fraction of sp³-hybridized carbons (Fsp3) is 0.273. The van der Waals surface area contributed by atoms with Crippen LogP contribution < -0.4 is 11.4 Å². The summed E-state index contributed by atoms with van der Waals surface area (Å²) in [5, 5.41) is 28.4. The van der Waals surface area contributed by atoms with Gasteiger partial charge in [-0.2, -0.15) is 13.2 Å². The zero-order chi connectivity index (χ0) is 26.9. The Morgan fingerprint density at radius 3 is 2.32 bits per heavy atom. The van der Waals surface area contributed by atoms with Crippen molar-refractivity contribution >= 4 is 35.6 Å². The first-order chi connectivity index (χ1) is 17.5. The van der Waals surface area contributed by atoms with Crippen LogP contribution in [0.4, 0.5) is 13.2 Å². The molecule has 2 heterocycles. The van der Waals surface area contributed by atoms with Gasteiger partial charge in [-0.05, 0) is 36.4 Å². The van der Waals surface area contributed by atoms with Crippen molar-refractivity contribution in [2.45, 2.75) is 31.4 Å². The number of aliphatic hydroxyl groups is 2. The predicted octanol–water partition coefficient (Wildman–Crippen LogP) is 2.98. The predicted molar refractivity (Wildman–Crippen MR) is 136 cm³/mol. The highest BCUT2D eigenvalue weighted by molar-refractivity contribution is 6.32. The monoisotopic (exact) mass is 593 g/mol. The Morgan fingerprint density at radius 2 is 1.71 bits per heavy atom. The molecule has 0 aliphatic rings. The van der Waals surface area contributed by atoms with Gasteiger partial charge in [-0.15, -0.1) is 22.6 Å². The third kappa shape index (κ3) is 6.20. The summed E-state index contributed by atoms with van der Waals surface area (Å²) in [6.07, 6.45) is -7.76. The van der Waals surface area contributed by atoms with Crippen LogP contribution in [0.5, 0.6) is 0 Å². The maximum atomic E-state index is 13.1. The van der Waals surface area contributed by atoms with Crippen LogP contribution in [0.15, 0.2) is 53.3 Å². The second-order valence-corrected chi connectivity index (χ2v) is 8.82. The smallest absolute Gasteiger partial charge is 0.394 e. The van der Waals surface area contributed by atoms with Gasteiger partial charge in [0.25, 0.3) is 0 Å². The second kappa shape index (κ2) is 11.8. The number of aromatic nitrogens is 6. The summed E-state index contributed by atoms with van der Waals surface area (Å²) in [6, 6.07) is 11.7. The van der Waals surface area contributed by atoms with Crippen LogP contribution >= 0.6 is 35.6 Å². The molecular weight excluding hydrogens is 574 g/mol. The molecule has 0 fully saturated rings. The lowest BCUT2D eigenvalue weighted by atomic mass is 10.2. The molecule has 0 amide bonds. The quantitative estimate of drug-likeness (QED) is 0.285. The van der Waals surface area contributed by atoms with Crippen molar-refractivity contribution < 1.29 is 23.4 Å². The third-order valence-electron chi connectivity index (χ3n) is 5.33. The number of nitrogens with zero attached hydrogens (tertiary/aromatic N) is 6. The Hall–Kier alpha value is -2.94. The maximum absolute atomic E-state index is 13.1. The summed E-state index contributed by atoms with van der Waals surface area (Å²) in [5.74, 6) is 0.0517. The Bertz CT molecular complexity index is 1460. The lowest BCUT2D eigenvalue weighted by Crippen LogP contribution is -2.37. The number of hydrogen-bond donors (Lipinski definition) is 3. The standard InChI is InChI=1S/C22H20Cl2F3N7O3.ClH/c23-13-7-5-12(6-8-13)19-31-33(21(37)32(19)9-17(36)22(25,26)27)10-18-29-20(15(28)11-35)34(30-18)16-4-2-1-3-14(16)24;/h1-8,15,17,35-36H,9-11,28H2;1H/t15?,17-;/m0./s1. The molecule has 0 aliphatic heterocycles. The Labute approximate surface area is 229 Å². The molecule has 4 aromatic rings. The molecule has 0 spiro atoms. The van der Waals surface area contributed by atoms with E-state index >= 15 is 0 Å². The highest BCUT2D eigenvalue weighted by Crippen LogP contribution is 2.25. The first-order valence-electron chi connectivity index (χ1n) is 10.7. The van der Waals surface area contributed by atoms with Gasteiger partial charge in [-0.3, -0.25) is 4.57 Å². The molecule has 0 radical (unpaired) electrons. The van der Waals surface area contributed by atoms with E-state index in [2.05, 4.69) is 15.2 Å². The first kappa shape index (κ1) is 29.6. The molecular formula is C22H21Cl3F3N7O3. The number of para-hydroxylation sites is 1. The van der Waals surface area contributed by atoms with E-state index in [9.17, 15) is 28.2 Å². The molecule has 4 rings (SSSR count). The van der Waals surface area contributed by atoms with Crippen LogP contribution in [0.25, 0.3) is 17.1 Å². The molecule has 0 bridgehead atoms. The van der Waals surface area contributed by atoms with E-state index in [0.29, 0.717) is 25.9 Å². The zero-order valence-electron chi connectivity index (χ0n) is 19.3. The number of alkyl halides is 3.